The predicted octanol–water partition coefficient (Wildman–Crippen LogP) is 21.8. The number of carbonyl (C=O) groups excluding carboxylic acids is 3. The predicted molar refractivity (Wildman–Crippen MR) is 330 cm³/mol. The number of ether oxygens (including phenoxy) is 3. The van der Waals surface area contributed by atoms with Crippen molar-refractivity contribution in [1.29, 1.82) is 0 Å². The molecule has 6 heteroatoms. The lowest BCUT2D eigenvalue weighted by molar-refractivity contribution is -0.167. The molecule has 0 spiro atoms. The third-order valence-electron chi connectivity index (χ3n) is 13.5. The molecule has 0 aliphatic rings. The Balaban J connectivity index is 4.43. The van der Waals surface area contributed by atoms with Gasteiger partial charge in [0.2, 0.25) is 0 Å². The second kappa shape index (κ2) is 63.6. The van der Waals surface area contributed by atoms with Crippen LogP contribution in [0, 0.1) is 0 Å². The van der Waals surface area contributed by atoms with Crippen molar-refractivity contribution in [2.75, 3.05) is 13.2 Å². The van der Waals surface area contributed by atoms with Crippen molar-refractivity contribution in [3.63, 3.8) is 0 Å². The molecule has 6 nitrogen and oxygen atoms in total. The summed E-state index contributed by atoms with van der Waals surface area (Å²) in [4.78, 5) is 38.3. The van der Waals surface area contributed by atoms with Gasteiger partial charge in [-0.3, -0.25) is 14.4 Å². The zero-order valence-electron chi connectivity index (χ0n) is 49.7. The van der Waals surface area contributed by atoms with Gasteiger partial charge in [0.1, 0.15) is 13.2 Å². The molecule has 1 atom stereocenters. The van der Waals surface area contributed by atoms with E-state index in [0.29, 0.717) is 19.3 Å². The highest BCUT2D eigenvalue weighted by Crippen LogP contribution is 2.15. The van der Waals surface area contributed by atoms with E-state index in [-0.39, 0.29) is 31.1 Å². The monoisotopic (exact) mass is 1050 g/mol. The lowest BCUT2D eigenvalue weighted by Crippen LogP contribution is -2.30. The van der Waals surface area contributed by atoms with E-state index in [4.69, 9.17) is 14.2 Å². The molecule has 434 valence electrons. The van der Waals surface area contributed by atoms with Crippen molar-refractivity contribution in [3.05, 3.63) is 109 Å². The van der Waals surface area contributed by atoms with Crippen LogP contribution in [0.4, 0.5) is 0 Å². The van der Waals surface area contributed by atoms with E-state index in [1.807, 2.05) is 0 Å². The first-order valence-corrected chi connectivity index (χ1v) is 31.9. The van der Waals surface area contributed by atoms with Gasteiger partial charge in [-0.1, -0.05) is 259 Å². The molecular weight excluding hydrogens is 937 g/mol. The highest BCUT2D eigenvalue weighted by molar-refractivity contribution is 5.71. The van der Waals surface area contributed by atoms with Crippen LogP contribution in [-0.2, 0) is 28.6 Å². The highest BCUT2D eigenvalue weighted by atomic mass is 16.6. The van der Waals surface area contributed by atoms with Gasteiger partial charge in [0, 0.05) is 19.3 Å². The van der Waals surface area contributed by atoms with Crippen LogP contribution in [0.3, 0.4) is 0 Å². The van der Waals surface area contributed by atoms with Gasteiger partial charge in [0.25, 0.3) is 0 Å². The van der Waals surface area contributed by atoms with Crippen molar-refractivity contribution >= 4 is 17.9 Å². The summed E-state index contributed by atoms with van der Waals surface area (Å²) < 4.78 is 16.9. The molecule has 0 saturated heterocycles. The smallest absolute Gasteiger partial charge is 0.306 e. The Morgan fingerprint density at radius 3 is 0.816 bits per heavy atom. The van der Waals surface area contributed by atoms with Crippen molar-refractivity contribution in [2.24, 2.45) is 0 Å². The summed E-state index contributed by atoms with van der Waals surface area (Å²) in [7, 11) is 0. The number of hydrogen-bond donors (Lipinski definition) is 0. The number of unbranched alkanes of at least 4 members (excludes halogenated alkanes) is 28. The van der Waals surface area contributed by atoms with Gasteiger partial charge in [-0.15, -0.1) is 0 Å². The minimum atomic E-state index is -0.798. The summed E-state index contributed by atoms with van der Waals surface area (Å²) in [6.45, 7) is 6.49. The fourth-order valence-electron chi connectivity index (χ4n) is 8.71. The van der Waals surface area contributed by atoms with Crippen LogP contribution in [0.5, 0.6) is 0 Å². The molecule has 0 fully saturated rings. The van der Waals surface area contributed by atoms with Gasteiger partial charge < -0.3 is 14.2 Å². The van der Waals surface area contributed by atoms with Crippen molar-refractivity contribution in [3.8, 4) is 0 Å². The summed E-state index contributed by atoms with van der Waals surface area (Å²) in [5, 5.41) is 0. The SMILES string of the molecule is CC/C=C\C/C=C\C/C=C\C/C=C\C/C=C\C/C=C\CCCCCCC(=O)OCC(COC(=O)CCCCCCC/C=C\CCCCCCC)OC(=O)CCCCCCCCCCC/C=C\C/C=C\CCCCCCC. The molecule has 0 heterocycles. The Kier molecular flexibility index (Phi) is 60.3. The zero-order valence-corrected chi connectivity index (χ0v) is 49.7. The number of hydrogen-bond acceptors (Lipinski definition) is 6. The van der Waals surface area contributed by atoms with Crippen LogP contribution in [0.25, 0.3) is 0 Å². The summed E-state index contributed by atoms with van der Waals surface area (Å²) >= 11 is 0. The number of allylic oxidation sites excluding steroid dienone is 18. The topological polar surface area (TPSA) is 78.9 Å². The van der Waals surface area contributed by atoms with Gasteiger partial charge >= 0.3 is 17.9 Å². The molecule has 0 aliphatic carbocycles. The molecule has 0 bridgehead atoms. The van der Waals surface area contributed by atoms with E-state index >= 15 is 0 Å². The van der Waals surface area contributed by atoms with Crippen LogP contribution in [0.2, 0.25) is 0 Å². The third-order valence-corrected chi connectivity index (χ3v) is 13.5. The first-order valence-electron chi connectivity index (χ1n) is 31.9. The third kappa shape index (κ3) is 60.9. The van der Waals surface area contributed by atoms with E-state index < -0.39 is 6.10 Å². The Morgan fingerprint density at radius 1 is 0.276 bits per heavy atom. The van der Waals surface area contributed by atoms with Crippen LogP contribution in [-0.4, -0.2) is 37.2 Å². The van der Waals surface area contributed by atoms with Crippen LogP contribution in [0.1, 0.15) is 297 Å². The van der Waals surface area contributed by atoms with Crippen molar-refractivity contribution < 1.29 is 28.6 Å². The second-order valence-corrected chi connectivity index (χ2v) is 20.9. The molecular formula is C70H118O6. The maximum Gasteiger partial charge on any atom is 0.306 e. The molecule has 0 aromatic carbocycles. The van der Waals surface area contributed by atoms with E-state index in [0.717, 1.165) is 122 Å². The summed E-state index contributed by atoms with van der Waals surface area (Å²) in [5.74, 6) is -0.924. The second-order valence-electron chi connectivity index (χ2n) is 20.9. The Hall–Kier alpha value is -3.93. The Labute approximate surface area is 470 Å². The first kappa shape index (κ1) is 72.1. The lowest BCUT2D eigenvalue weighted by atomic mass is 10.1. The minimum Gasteiger partial charge on any atom is -0.462 e. The van der Waals surface area contributed by atoms with Gasteiger partial charge in [0.15, 0.2) is 6.10 Å². The fraction of sp³-hybridized carbons (Fsp3) is 0.700. The molecule has 0 aromatic rings. The van der Waals surface area contributed by atoms with E-state index in [1.54, 1.807) is 0 Å². The quantitative estimate of drug-likeness (QED) is 0.0261. The van der Waals surface area contributed by atoms with Gasteiger partial charge in [0.05, 0.1) is 0 Å². The molecule has 0 amide bonds. The minimum absolute atomic E-state index is 0.0929. The molecule has 0 aliphatic heterocycles. The molecule has 1 unspecified atom stereocenters. The standard InChI is InChI=1S/C70H118O6/c1-4-7-10-13-16-19-22-25-28-30-32-34-35-37-38-40-42-45-48-51-54-57-60-63-69(72)75-66-67(65-74-68(71)62-59-56-53-50-47-44-27-24-21-18-15-12-9-6-3)76-70(73)64-61-58-55-52-49-46-43-41-39-36-33-31-29-26-23-20-17-14-11-8-5-2/h7,10,16,19,23-28,31-34,37-38,42,45,67H,4-6,8-9,11-15,17-18,20-22,29-30,35-36,39-41,43-44,46-66H2,1-3H3/b10-7-,19-16-,26-23-,27-24-,28-25-,33-31-,34-32-,38-37-,45-42-. The number of rotatable bonds is 57. The van der Waals surface area contributed by atoms with Crippen molar-refractivity contribution in [1.82, 2.24) is 0 Å². The summed E-state index contributed by atoms with van der Waals surface area (Å²) in [5.41, 5.74) is 0. The van der Waals surface area contributed by atoms with E-state index in [2.05, 4.69) is 130 Å². The highest BCUT2D eigenvalue weighted by Gasteiger charge is 2.19. The van der Waals surface area contributed by atoms with E-state index in [1.165, 1.54) is 135 Å². The molecule has 0 rings (SSSR count). The molecule has 0 N–H and O–H groups in total. The zero-order chi connectivity index (χ0) is 55.0. The largest absolute Gasteiger partial charge is 0.462 e. The fourth-order valence-corrected chi connectivity index (χ4v) is 8.71. The number of carbonyl (C=O) groups is 3. The van der Waals surface area contributed by atoms with Crippen molar-refractivity contribution in [2.45, 2.75) is 303 Å². The van der Waals surface area contributed by atoms with Crippen LogP contribution in [0.15, 0.2) is 109 Å². The van der Waals surface area contributed by atoms with Gasteiger partial charge in [-0.25, -0.2) is 0 Å². The molecule has 0 radical (unpaired) electrons. The average molecular weight is 1060 g/mol. The van der Waals surface area contributed by atoms with Crippen LogP contribution < -0.4 is 0 Å². The summed E-state index contributed by atoms with van der Waals surface area (Å²) in [6.07, 6.45) is 86.5. The molecule has 0 aromatic heterocycles. The Morgan fingerprint density at radius 2 is 0.513 bits per heavy atom. The Bertz CT molecular complexity index is 1540. The van der Waals surface area contributed by atoms with E-state index in [9.17, 15) is 14.4 Å². The normalized spacial score (nSPS) is 12.8. The summed E-state index contributed by atoms with van der Waals surface area (Å²) in [6, 6.07) is 0. The first-order chi connectivity index (χ1) is 37.5. The molecule has 76 heavy (non-hydrogen) atoms. The average Bonchev–Trinajstić information content (AvgIpc) is 3.42. The van der Waals surface area contributed by atoms with Crippen LogP contribution >= 0.6 is 0 Å². The number of esters is 3. The maximum absolute atomic E-state index is 12.9. The lowest BCUT2D eigenvalue weighted by Gasteiger charge is -2.18. The van der Waals surface area contributed by atoms with Gasteiger partial charge in [-0.2, -0.15) is 0 Å². The van der Waals surface area contributed by atoms with Gasteiger partial charge in [-0.05, 0) is 128 Å². The molecule has 0 saturated carbocycles. The maximum atomic E-state index is 12.9.